The van der Waals surface area contributed by atoms with Gasteiger partial charge in [0.25, 0.3) is 0 Å². The zero-order valence-electron chi connectivity index (χ0n) is 16.2. The van der Waals surface area contributed by atoms with Crippen LogP contribution >= 0.6 is 11.3 Å². The van der Waals surface area contributed by atoms with Crippen LogP contribution in [-0.2, 0) is 12.8 Å². The molecule has 2 atom stereocenters. The summed E-state index contributed by atoms with van der Waals surface area (Å²) in [5.74, 6) is 2.60. The lowest BCUT2D eigenvalue weighted by Gasteiger charge is -2.14. The zero-order chi connectivity index (χ0) is 17.7. The molecule has 0 fully saturated rings. The van der Waals surface area contributed by atoms with Gasteiger partial charge in [-0.15, -0.1) is 11.3 Å². The van der Waals surface area contributed by atoms with Crippen LogP contribution in [0.4, 0.5) is 0 Å². The molecule has 0 radical (unpaired) electrons. The van der Waals surface area contributed by atoms with Gasteiger partial charge in [-0.2, -0.15) is 0 Å². The van der Waals surface area contributed by atoms with Crippen molar-refractivity contribution in [1.82, 2.24) is 9.97 Å². The van der Waals surface area contributed by atoms with Crippen LogP contribution in [0, 0.1) is 11.8 Å². The Kier molecular flexibility index (Phi) is 7.09. The molecule has 0 saturated carbocycles. The molecule has 2 nitrogen and oxygen atoms in total. The predicted octanol–water partition coefficient (Wildman–Crippen LogP) is 6.56. The average molecular weight is 347 g/mol. The van der Waals surface area contributed by atoms with Gasteiger partial charge in [0.15, 0.2) is 0 Å². The molecule has 2 rings (SSSR count). The molecule has 0 amide bonds. The summed E-state index contributed by atoms with van der Waals surface area (Å²) in [6.45, 7) is 13.7. The van der Waals surface area contributed by atoms with E-state index in [2.05, 4.69) is 70.0 Å². The minimum atomic E-state index is 0.548. The molecule has 3 heteroatoms. The summed E-state index contributed by atoms with van der Waals surface area (Å²) in [4.78, 5) is 9.49. The molecule has 134 valence electrons. The fourth-order valence-corrected chi connectivity index (χ4v) is 4.24. The summed E-state index contributed by atoms with van der Waals surface area (Å²) in [6, 6.07) is 2.37. The van der Waals surface area contributed by atoms with Gasteiger partial charge < -0.3 is 4.98 Å². The minimum Gasteiger partial charge on any atom is -0.364 e. The van der Waals surface area contributed by atoms with Crippen LogP contribution in [0.5, 0.6) is 0 Å². The largest absolute Gasteiger partial charge is 0.364 e. The van der Waals surface area contributed by atoms with Crippen molar-refractivity contribution in [2.45, 2.75) is 79.1 Å². The summed E-state index contributed by atoms with van der Waals surface area (Å²) in [6.07, 6.45) is 9.14. The molecular formula is C21H34N2S. The van der Waals surface area contributed by atoms with E-state index in [1.165, 1.54) is 46.8 Å². The van der Waals surface area contributed by atoms with Crippen molar-refractivity contribution in [2.75, 3.05) is 0 Å². The van der Waals surface area contributed by atoms with Gasteiger partial charge in [0.05, 0.1) is 5.01 Å². The Labute approximate surface area is 152 Å². The lowest BCUT2D eigenvalue weighted by Crippen LogP contribution is -2.02. The van der Waals surface area contributed by atoms with Crippen LogP contribution in [-0.4, -0.2) is 9.97 Å². The summed E-state index contributed by atoms with van der Waals surface area (Å²) in [7, 11) is 0. The Morgan fingerprint density at radius 2 is 1.79 bits per heavy atom. The van der Waals surface area contributed by atoms with Gasteiger partial charge in [0, 0.05) is 28.9 Å². The van der Waals surface area contributed by atoms with Gasteiger partial charge >= 0.3 is 0 Å². The topological polar surface area (TPSA) is 28.7 Å². The highest BCUT2D eigenvalue weighted by molar-refractivity contribution is 7.11. The molecule has 0 aliphatic rings. The molecule has 0 spiro atoms. The van der Waals surface area contributed by atoms with E-state index < -0.39 is 0 Å². The number of hydrogen-bond donors (Lipinski definition) is 1. The van der Waals surface area contributed by atoms with E-state index in [1.54, 1.807) is 0 Å². The average Bonchev–Trinajstić information content (AvgIpc) is 3.13. The first-order valence-corrected chi connectivity index (χ1v) is 10.3. The normalized spacial score (nSPS) is 14.5. The van der Waals surface area contributed by atoms with Crippen LogP contribution in [0.3, 0.4) is 0 Å². The van der Waals surface area contributed by atoms with E-state index in [9.17, 15) is 0 Å². The lowest BCUT2D eigenvalue weighted by atomic mass is 9.93. The molecule has 2 aromatic heterocycles. The van der Waals surface area contributed by atoms with E-state index >= 15 is 0 Å². The number of H-pyrrole nitrogens is 1. The Morgan fingerprint density at radius 3 is 2.42 bits per heavy atom. The van der Waals surface area contributed by atoms with Gasteiger partial charge in [-0.05, 0) is 55.1 Å². The van der Waals surface area contributed by atoms with Crippen LogP contribution < -0.4 is 0 Å². The number of thiazole rings is 1. The Morgan fingerprint density at radius 1 is 1.04 bits per heavy atom. The Balaban J connectivity index is 1.79. The van der Waals surface area contributed by atoms with E-state index in [0.717, 1.165) is 11.8 Å². The highest BCUT2D eigenvalue weighted by Crippen LogP contribution is 2.27. The fraction of sp³-hybridized carbons (Fsp3) is 0.667. The van der Waals surface area contributed by atoms with Crippen molar-refractivity contribution < 1.29 is 0 Å². The van der Waals surface area contributed by atoms with Gasteiger partial charge in [0.1, 0.15) is 0 Å². The maximum Gasteiger partial charge on any atom is 0.0953 e. The second-order valence-electron chi connectivity index (χ2n) is 8.17. The zero-order valence-corrected chi connectivity index (χ0v) is 17.0. The quantitative estimate of drug-likeness (QED) is 0.547. The first kappa shape index (κ1) is 19.2. The molecule has 0 aliphatic carbocycles. The summed E-state index contributed by atoms with van der Waals surface area (Å²) < 4.78 is 0. The standard InChI is InChI=1S/C21H34N2S/c1-14(2)9-18-11-20(22-12-18)17(6)8-7-16(5)10-19-13-23-21(24-19)15(3)4/h11-17,22H,7-10H2,1-6H3. The summed E-state index contributed by atoms with van der Waals surface area (Å²) in [5.41, 5.74) is 2.85. The summed E-state index contributed by atoms with van der Waals surface area (Å²) >= 11 is 1.89. The fourth-order valence-electron chi connectivity index (χ4n) is 3.15. The van der Waals surface area contributed by atoms with Gasteiger partial charge in [-0.25, -0.2) is 4.98 Å². The molecule has 2 unspecified atom stereocenters. The van der Waals surface area contributed by atoms with E-state index in [4.69, 9.17) is 0 Å². The third-order valence-corrected chi connectivity index (χ3v) is 5.97. The third kappa shape index (κ3) is 5.77. The van der Waals surface area contributed by atoms with Crippen LogP contribution in [0.15, 0.2) is 18.5 Å². The third-order valence-electron chi connectivity index (χ3n) is 4.65. The first-order valence-electron chi connectivity index (χ1n) is 9.46. The number of aromatic amines is 1. The van der Waals surface area contributed by atoms with E-state index in [0.29, 0.717) is 11.8 Å². The van der Waals surface area contributed by atoms with Crippen molar-refractivity contribution in [3.05, 3.63) is 39.6 Å². The van der Waals surface area contributed by atoms with E-state index in [-0.39, 0.29) is 0 Å². The Bertz CT molecular complexity index is 609. The number of nitrogens with one attached hydrogen (secondary N) is 1. The molecule has 2 aromatic rings. The molecule has 2 heterocycles. The van der Waals surface area contributed by atoms with Crippen LogP contribution in [0.1, 0.15) is 87.4 Å². The SMILES string of the molecule is CC(C)Cc1c[nH]c(C(C)CCC(C)Cc2cnc(C(C)C)s2)c1. The molecule has 0 aromatic carbocycles. The molecule has 1 N–H and O–H groups in total. The smallest absolute Gasteiger partial charge is 0.0953 e. The highest BCUT2D eigenvalue weighted by atomic mass is 32.1. The highest BCUT2D eigenvalue weighted by Gasteiger charge is 2.13. The van der Waals surface area contributed by atoms with Crippen LogP contribution in [0.2, 0.25) is 0 Å². The van der Waals surface area contributed by atoms with Gasteiger partial charge in [-0.1, -0.05) is 41.5 Å². The monoisotopic (exact) mass is 346 g/mol. The second kappa shape index (κ2) is 8.84. The van der Waals surface area contributed by atoms with E-state index in [1.807, 2.05) is 11.3 Å². The summed E-state index contributed by atoms with van der Waals surface area (Å²) in [5, 5.41) is 1.27. The van der Waals surface area contributed by atoms with Crippen molar-refractivity contribution in [3.63, 3.8) is 0 Å². The van der Waals surface area contributed by atoms with Gasteiger partial charge in [-0.3, -0.25) is 0 Å². The minimum absolute atomic E-state index is 0.548. The van der Waals surface area contributed by atoms with Crippen molar-refractivity contribution >= 4 is 11.3 Å². The lowest BCUT2D eigenvalue weighted by molar-refractivity contribution is 0.479. The Hall–Kier alpha value is -1.09. The van der Waals surface area contributed by atoms with Crippen molar-refractivity contribution in [1.29, 1.82) is 0 Å². The molecular weight excluding hydrogens is 312 g/mol. The van der Waals surface area contributed by atoms with Crippen LogP contribution in [0.25, 0.3) is 0 Å². The molecule has 24 heavy (non-hydrogen) atoms. The molecule has 0 saturated heterocycles. The number of aromatic nitrogens is 2. The van der Waals surface area contributed by atoms with Crippen molar-refractivity contribution in [2.24, 2.45) is 11.8 Å². The second-order valence-corrected chi connectivity index (χ2v) is 9.32. The number of rotatable bonds is 9. The molecule has 0 bridgehead atoms. The first-order chi connectivity index (χ1) is 11.3. The predicted molar refractivity (Wildman–Crippen MR) is 106 cm³/mol. The maximum absolute atomic E-state index is 4.55. The van der Waals surface area contributed by atoms with Crippen molar-refractivity contribution in [3.8, 4) is 0 Å². The number of hydrogen-bond acceptors (Lipinski definition) is 2. The maximum atomic E-state index is 4.55. The van der Waals surface area contributed by atoms with Gasteiger partial charge in [0.2, 0.25) is 0 Å². The number of nitrogens with zero attached hydrogens (tertiary/aromatic N) is 1. The molecule has 0 aliphatic heterocycles.